The van der Waals surface area contributed by atoms with E-state index in [4.69, 9.17) is 5.11 Å². The number of rotatable bonds is 7. The molecular formula is C36H64O4. The van der Waals surface area contributed by atoms with E-state index in [0.29, 0.717) is 45.3 Å². The molecule has 5 saturated carbocycles. The predicted molar refractivity (Wildman–Crippen MR) is 162 cm³/mol. The van der Waals surface area contributed by atoms with Crippen LogP contribution in [0.4, 0.5) is 0 Å². The van der Waals surface area contributed by atoms with E-state index in [1.165, 1.54) is 64.2 Å². The Labute approximate surface area is 246 Å². The van der Waals surface area contributed by atoms with Gasteiger partial charge in [0.1, 0.15) is 12.2 Å². The van der Waals surface area contributed by atoms with Crippen LogP contribution >= 0.6 is 0 Å². The van der Waals surface area contributed by atoms with Crippen LogP contribution in [0, 0.1) is 68.5 Å². The first-order valence-electron chi connectivity index (χ1n) is 17.2. The molecule has 5 aliphatic rings. The van der Waals surface area contributed by atoms with Gasteiger partial charge in [-0.25, -0.2) is 0 Å². The van der Waals surface area contributed by atoms with Crippen LogP contribution in [0.2, 0.25) is 0 Å². The van der Waals surface area contributed by atoms with Gasteiger partial charge in [-0.05, 0) is 146 Å². The lowest BCUT2D eigenvalue weighted by atomic mass is 9.31. The van der Waals surface area contributed by atoms with Gasteiger partial charge in [-0.2, -0.15) is 0 Å². The van der Waals surface area contributed by atoms with Gasteiger partial charge in [0.25, 0.3) is 0 Å². The van der Waals surface area contributed by atoms with Crippen LogP contribution in [0.15, 0.2) is 0 Å². The molecule has 5 unspecified atom stereocenters. The Morgan fingerprint density at radius 3 is 1.90 bits per heavy atom. The minimum absolute atomic E-state index is 0.405. The van der Waals surface area contributed by atoms with E-state index in [1.54, 1.807) is 0 Å². The minimum Gasteiger partial charge on any atom is -0.394 e. The summed E-state index contributed by atoms with van der Waals surface area (Å²) in [5.41, 5.74) is 2.19. The van der Waals surface area contributed by atoms with Crippen molar-refractivity contribution in [1.29, 1.82) is 0 Å². The van der Waals surface area contributed by atoms with E-state index in [-0.39, 0.29) is 0 Å². The van der Waals surface area contributed by atoms with Crippen LogP contribution < -0.4 is 0 Å². The number of hydrogen-bond acceptors (Lipinski definition) is 4. The van der Waals surface area contributed by atoms with E-state index < -0.39 is 24.9 Å². The van der Waals surface area contributed by atoms with Gasteiger partial charge < -0.3 is 20.4 Å². The summed E-state index contributed by atoms with van der Waals surface area (Å²) in [5, 5.41) is 39.5. The molecule has 5 rings (SSSR count). The van der Waals surface area contributed by atoms with Crippen molar-refractivity contribution in [2.45, 2.75) is 151 Å². The molecular weight excluding hydrogens is 496 g/mol. The molecule has 0 saturated heterocycles. The first-order valence-corrected chi connectivity index (χ1v) is 17.2. The molecule has 0 aliphatic heterocycles. The molecule has 0 aromatic heterocycles. The minimum atomic E-state index is -1.27. The second-order valence-electron chi connectivity index (χ2n) is 17.8. The second-order valence-corrected chi connectivity index (χ2v) is 17.8. The summed E-state index contributed by atoms with van der Waals surface area (Å²) in [4.78, 5) is 0. The van der Waals surface area contributed by atoms with E-state index in [0.717, 1.165) is 36.0 Å². The zero-order valence-electron chi connectivity index (χ0n) is 27.3. The van der Waals surface area contributed by atoms with Crippen LogP contribution in [-0.4, -0.2) is 45.3 Å². The zero-order chi connectivity index (χ0) is 29.5. The largest absolute Gasteiger partial charge is 0.394 e. The number of aliphatic hydroxyl groups excluding tert-OH is 4. The maximum absolute atomic E-state index is 10.5. The molecule has 0 aromatic carbocycles. The van der Waals surface area contributed by atoms with Crippen molar-refractivity contribution in [3.63, 3.8) is 0 Å². The predicted octanol–water partition coefficient (Wildman–Crippen LogP) is 7.22. The molecule has 4 N–H and O–H groups in total. The van der Waals surface area contributed by atoms with Crippen molar-refractivity contribution in [2.24, 2.45) is 68.5 Å². The zero-order valence-corrected chi connectivity index (χ0v) is 27.3. The van der Waals surface area contributed by atoms with Crippen molar-refractivity contribution < 1.29 is 20.4 Å². The summed E-state index contributed by atoms with van der Waals surface area (Å²) in [6, 6.07) is 0. The highest BCUT2D eigenvalue weighted by Gasteiger charge is 2.70. The molecule has 4 nitrogen and oxygen atoms in total. The summed E-state index contributed by atoms with van der Waals surface area (Å²) in [6.07, 6.45) is 11.7. The highest BCUT2D eigenvalue weighted by atomic mass is 16.4. The third-order valence-electron chi connectivity index (χ3n) is 15.5. The lowest BCUT2D eigenvalue weighted by molar-refractivity contribution is -0.245. The van der Waals surface area contributed by atoms with Gasteiger partial charge in [-0.3, -0.25) is 0 Å². The number of fused-ring (bicyclic) bond motifs is 7. The fraction of sp³-hybridized carbons (Fsp3) is 1.00. The van der Waals surface area contributed by atoms with Crippen LogP contribution in [-0.2, 0) is 0 Å². The average molecular weight is 561 g/mol. The highest BCUT2D eigenvalue weighted by Crippen LogP contribution is 2.78. The molecule has 40 heavy (non-hydrogen) atoms. The molecule has 0 amide bonds. The fourth-order valence-electron chi connectivity index (χ4n) is 13.9. The van der Waals surface area contributed by atoms with Crippen molar-refractivity contribution >= 4 is 0 Å². The number of hydrogen-bond donors (Lipinski definition) is 4. The molecule has 5 aliphatic carbocycles. The summed E-state index contributed by atoms with van der Waals surface area (Å²) >= 11 is 0. The van der Waals surface area contributed by atoms with Gasteiger partial charge in [-0.15, -0.1) is 0 Å². The molecule has 0 radical (unpaired) electrons. The Bertz CT molecular complexity index is 918. The molecule has 0 aromatic rings. The van der Waals surface area contributed by atoms with E-state index >= 15 is 0 Å². The summed E-state index contributed by atoms with van der Waals surface area (Å²) in [7, 11) is 0. The Hall–Kier alpha value is -0.160. The SMILES string of the molecule is CC(CC[C@@H](O)[C@@H](O)[C@@H](O)CO)[C@H]1CC[C@@]2(C)C1CC[C@]1(C)C2CCC2[C@@]3(C)C[C@H](C)CC(C)(C)C3CC[C@]21C. The normalized spacial score (nSPS) is 51.0. The van der Waals surface area contributed by atoms with Crippen LogP contribution in [0.5, 0.6) is 0 Å². The van der Waals surface area contributed by atoms with Gasteiger partial charge in [0, 0.05) is 0 Å². The summed E-state index contributed by atoms with van der Waals surface area (Å²) in [6.45, 7) is 20.4. The fourth-order valence-corrected chi connectivity index (χ4v) is 13.9. The Morgan fingerprint density at radius 1 is 0.675 bits per heavy atom. The lowest BCUT2D eigenvalue weighted by Gasteiger charge is -2.73. The van der Waals surface area contributed by atoms with Gasteiger partial charge >= 0.3 is 0 Å². The maximum Gasteiger partial charge on any atom is 0.108 e. The van der Waals surface area contributed by atoms with E-state index in [9.17, 15) is 15.3 Å². The molecule has 4 heteroatoms. The Kier molecular flexibility index (Phi) is 8.19. The smallest absolute Gasteiger partial charge is 0.108 e. The Balaban J connectivity index is 1.34. The van der Waals surface area contributed by atoms with Gasteiger partial charge in [0.05, 0.1) is 12.7 Å². The highest BCUT2D eigenvalue weighted by molar-refractivity contribution is 5.19. The van der Waals surface area contributed by atoms with Crippen molar-refractivity contribution in [1.82, 2.24) is 0 Å². The van der Waals surface area contributed by atoms with Crippen LogP contribution in [0.25, 0.3) is 0 Å². The third kappa shape index (κ3) is 4.50. The first kappa shape index (κ1) is 31.3. The first-order chi connectivity index (χ1) is 18.5. The van der Waals surface area contributed by atoms with Crippen molar-refractivity contribution in [3.8, 4) is 0 Å². The van der Waals surface area contributed by atoms with Gasteiger partial charge in [0.2, 0.25) is 0 Å². The maximum atomic E-state index is 10.5. The van der Waals surface area contributed by atoms with Gasteiger partial charge in [-0.1, -0.05) is 55.4 Å². The van der Waals surface area contributed by atoms with Crippen molar-refractivity contribution in [3.05, 3.63) is 0 Å². The second kappa shape index (κ2) is 10.5. The lowest BCUT2D eigenvalue weighted by Crippen LogP contribution is -2.66. The van der Waals surface area contributed by atoms with Gasteiger partial charge in [0.15, 0.2) is 0 Å². The van der Waals surface area contributed by atoms with E-state index in [1.807, 2.05) is 0 Å². The molecule has 5 fully saturated rings. The molecule has 0 bridgehead atoms. The molecule has 232 valence electrons. The molecule has 0 heterocycles. The molecule has 14 atom stereocenters. The topological polar surface area (TPSA) is 80.9 Å². The third-order valence-corrected chi connectivity index (χ3v) is 15.5. The Morgan fingerprint density at radius 2 is 1.27 bits per heavy atom. The quantitative estimate of drug-likeness (QED) is 0.265. The van der Waals surface area contributed by atoms with Crippen LogP contribution in [0.3, 0.4) is 0 Å². The number of aliphatic hydroxyl groups is 4. The molecule has 0 spiro atoms. The van der Waals surface area contributed by atoms with E-state index in [2.05, 4.69) is 55.4 Å². The van der Waals surface area contributed by atoms with Crippen LogP contribution in [0.1, 0.15) is 132 Å². The van der Waals surface area contributed by atoms with Crippen molar-refractivity contribution in [2.75, 3.05) is 6.61 Å². The summed E-state index contributed by atoms with van der Waals surface area (Å²) < 4.78 is 0. The standard InChI is InChI=1S/C36H64O4/c1-22-19-32(3,4)28-15-18-36(8)30(34(28,6)20-22)12-11-29-33(5)16-13-24(25(33)14-17-35(29,36)7)23(2)9-10-26(38)31(40)27(39)21-37/h22-31,37-40H,9-21H2,1-8H3/t22-,23?,24-,25?,26-,27+,28?,29?,30?,31-,33+,34+,35-,36-/m1/s1. The monoisotopic (exact) mass is 560 g/mol. The average Bonchev–Trinajstić information content (AvgIpc) is 3.22. The summed E-state index contributed by atoms with van der Waals surface area (Å²) in [5.74, 6) is 5.29.